The molecule has 4 rings (SSSR count). The average Bonchev–Trinajstić information content (AvgIpc) is 3.20. The molecular weight excluding hydrogens is 435 g/mol. The number of amides is 2. The third-order valence-electron chi connectivity index (χ3n) is 4.58. The van der Waals surface area contributed by atoms with Crippen LogP contribution in [0, 0.1) is 5.82 Å². The van der Waals surface area contributed by atoms with Crippen LogP contribution in [0.25, 0.3) is 16.9 Å². The first-order chi connectivity index (χ1) is 15.3. The molecule has 0 unspecified atom stereocenters. The predicted octanol–water partition coefficient (Wildman–Crippen LogP) is 3.66. The van der Waals surface area contributed by atoms with Crippen LogP contribution < -0.4 is 16.8 Å². The second-order valence-electron chi connectivity index (χ2n) is 6.74. The number of nitrogens with zero attached hydrogens (tertiary/aromatic N) is 3. The molecule has 0 bridgehead atoms. The lowest BCUT2D eigenvalue weighted by Crippen LogP contribution is -2.16. The number of para-hydroxylation sites is 1. The van der Waals surface area contributed by atoms with E-state index in [0.717, 1.165) is 0 Å². The monoisotopic (exact) mass is 450 g/mol. The molecular formula is C22H16ClFN6O2. The van der Waals surface area contributed by atoms with E-state index in [1.165, 1.54) is 35.0 Å². The van der Waals surface area contributed by atoms with Crippen LogP contribution in [0.1, 0.15) is 20.8 Å². The molecule has 8 nitrogen and oxygen atoms in total. The van der Waals surface area contributed by atoms with Crippen LogP contribution in [-0.4, -0.2) is 26.6 Å². The summed E-state index contributed by atoms with van der Waals surface area (Å²) in [6.07, 6.45) is 0. The smallest absolute Gasteiger partial charge is 0.269 e. The number of aromatic nitrogens is 3. The number of halogens is 2. The van der Waals surface area contributed by atoms with Crippen molar-refractivity contribution in [3.8, 4) is 16.9 Å². The van der Waals surface area contributed by atoms with Crippen LogP contribution in [0.5, 0.6) is 0 Å². The molecule has 0 aliphatic rings. The van der Waals surface area contributed by atoms with Crippen molar-refractivity contribution in [2.75, 3.05) is 11.1 Å². The summed E-state index contributed by atoms with van der Waals surface area (Å²) in [7, 11) is 0. The minimum Gasteiger partial charge on any atom is -0.381 e. The molecule has 0 radical (unpaired) electrons. The van der Waals surface area contributed by atoms with Crippen molar-refractivity contribution in [1.82, 2.24) is 14.8 Å². The Balaban J connectivity index is 1.70. The molecule has 0 atom stereocenters. The van der Waals surface area contributed by atoms with Crippen LogP contribution in [0.3, 0.4) is 0 Å². The third kappa shape index (κ3) is 4.14. The van der Waals surface area contributed by atoms with Gasteiger partial charge in [-0.1, -0.05) is 35.9 Å². The number of nitrogen functional groups attached to an aromatic ring is 1. The standard InChI is InChI=1S/C22H16ClFN6O2/c23-15-7-6-12(17-9-8-16(24)20(25)27-17)10-14(15)22(32)28-19-11-18(21(26)31)29-30(19)13-4-2-1-3-5-13/h1-11H,(H2,25,27)(H2,26,31)(H,28,32). The lowest BCUT2D eigenvalue weighted by atomic mass is 10.1. The van der Waals surface area contributed by atoms with Crippen molar-refractivity contribution in [3.63, 3.8) is 0 Å². The number of carbonyl (C=O) groups excluding carboxylic acids is 2. The highest BCUT2D eigenvalue weighted by Crippen LogP contribution is 2.27. The van der Waals surface area contributed by atoms with E-state index < -0.39 is 17.6 Å². The molecule has 10 heteroatoms. The summed E-state index contributed by atoms with van der Waals surface area (Å²) in [6.45, 7) is 0. The Kier molecular flexibility index (Phi) is 5.57. The van der Waals surface area contributed by atoms with E-state index in [0.29, 0.717) is 16.9 Å². The van der Waals surface area contributed by atoms with Gasteiger partial charge in [-0.2, -0.15) is 5.10 Å². The number of hydrogen-bond acceptors (Lipinski definition) is 5. The second kappa shape index (κ2) is 8.48. The molecule has 0 aliphatic carbocycles. The Morgan fingerprint density at radius 3 is 2.47 bits per heavy atom. The fourth-order valence-electron chi connectivity index (χ4n) is 3.02. The molecule has 5 N–H and O–H groups in total. The number of anilines is 2. The number of nitrogens with two attached hydrogens (primary N) is 2. The maximum absolute atomic E-state index is 13.5. The van der Waals surface area contributed by atoms with Crippen molar-refractivity contribution in [3.05, 3.63) is 88.8 Å². The Morgan fingerprint density at radius 1 is 1.03 bits per heavy atom. The summed E-state index contributed by atoms with van der Waals surface area (Å²) in [5.41, 5.74) is 12.5. The average molecular weight is 451 g/mol. The molecule has 2 amide bonds. The number of carbonyl (C=O) groups is 2. The van der Waals surface area contributed by atoms with E-state index >= 15 is 0 Å². The molecule has 0 spiro atoms. The molecule has 2 aromatic carbocycles. The maximum atomic E-state index is 13.5. The summed E-state index contributed by atoms with van der Waals surface area (Å²) in [4.78, 5) is 28.7. The fourth-order valence-corrected chi connectivity index (χ4v) is 3.22. The normalized spacial score (nSPS) is 10.7. The number of benzene rings is 2. The first-order valence-corrected chi connectivity index (χ1v) is 9.70. The van der Waals surface area contributed by atoms with Gasteiger partial charge in [0, 0.05) is 11.6 Å². The predicted molar refractivity (Wildman–Crippen MR) is 119 cm³/mol. The highest BCUT2D eigenvalue weighted by molar-refractivity contribution is 6.34. The van der Waals surface area contributed by atoms with Gasteiger partial charge in [-0.3, -0.25) is 9.59 Å². The summed E-state index contributed by atoms with van der Waals surface area (Å²) < 4.78 is 14.8. The number of primary amides is 1. The van der Waals surface area contributed by atoms with Crippen LogP contribution in [0.2, 0.25) is 5.02 Å². The van der Waals surface area contributed by atoms with Gasteiger partial charge in [0.2, 0.25) is 0 Å². The van der Waals surface area contributed by atoms with Crippen molar-refractivity contribution in [2.24, 2.45) is 5.73 Å². The molecule has 32 heavy (non-hydrogen) atoms. The molecule has 0 saturated carbocycles. The van der Waals surface area contributed by atoms with Crippen molar-refractivity contribution >= 4 is 35.1 Å². The quantitative estimate of drug-likeness (QED) is 0.427. The van der Waals surface area contributed by atoms with Gasteiger partial charge in [0.15, 0.2) is 17.3 Å². The molecule has 2 aromatic heterocycles. The zero-order valence-electron chi connectivity index (χ0n) is 16.4. The Hall–Kier alpha value is -4.24. The van der Waals surface area contributed by atoms with Gasteiger partial charge in [0.1, 0.15) is 5.82 Å². The zero-order valence-corrected chi connectivity index (χ0v) is 17.2. The second-order valence-corrected chi connectivity index (χ2v) is 7.15. The minimum absolute atomic E-state index is 0.0185. The van der Waals surface area contributed by atoms with Crippen LogP contribution in [-0.2, 0) is 0 Å². The first kappa shape index (κ1) is 21.0. The van der Waals surface area contributed by atoms with Gasteiger partial charge in [-0.05, 0) is 36.4 Å². The number of pyridine rings is 1. The van der Waals surface area contributed by atoms with Crippen LogP contribution in [0.15, 0.2) is 66.7 Å². The minimum atomic E-state index is -0.741. The van der Waals surface area contributed by atoms with E-state index in [2.05, 4.69) is 15.4 Å². The zero-order chi connectivity index (χ0) is 22.8. The highest BCUT2D eigenvalue weighted by atomic mass is 35.5. The number of rotatable bonds is 5. The lowest BCUT2D eigenvalue weighted by Gasteiger charge is -2.11. The van der Waals surface area contributed by atoms with Crippen molar-refractivity contribution in [2.45, 2.75) is 0 Å². The maximum Gasteiger partial charge on any atom is 0.269 e. The van der Waals surface area contributed by atoms with E-state index in [1.54, 1.807) is 30.3 Å². The third-order valence-corrected chi connectivity index (χ3v) is 4.91. The Morgan fingerprint density at radius 2 is 1.78 bits per heavy atom. The lowest BCUT2D eigenvalue weighted by molar-refractivity contribution is 0.0992. The molecule has 0 aliphatic heterocycles. The van der Waals surface area contributed by atoms with E-state index in [4.69, 9.17) is 23.1 Å². The molecule has 0 saturated heterocycles. The first-order valence-electron chi connectivity index (χ1n) is 9.32. The van der Waals surface area contributed by atoms with E-state index in [1.807, 2.05) is 6.07 Å². The molecule has 160 valence electrons. The fraction of sp³-hybridized carbons (Fsp3) is 0. The van der Waals surface area contributed by atoms with Gasteiger partial charge < -0.3 is 16.8 Å². The van der Waals surface area contributed by atoms with Gasteiger partial charge in [0.05, 0.1) is 22.0 Å². The largest absolute Gasteiger partial charge is 0.381 e. The topological polar surface area (TPSA) is 129 Å². The summed E-state index contributed by atoms with van der Waals surface area (Å²) >= 11 is 6.25. The van der Waals surface area contributed by atoms with Gasteiger partial charge in [-0.25, -0.2) is 14.1 Å². The molecule has 2 heterocycles. The number of nitrogens with one attached hydrogen (secondary N) is 1. The Labute approximate surface area is 186 Å². The van der Waals surface area contributed by atoms with Gasteiger partial charge >= 0.3 is 0 Å². The number of hydrogen-bond donors (Lipinski definition) is 3. The summed E-state index contributed by atoms with van der Waals surface area (Å²) in [5.74, 6) is -1.97. The van der Waals surface area contributed by atoms with Crippen molar-refractivity contribution in [1.29, 1.82) is 0 Å². The SMILES string of the molecule is NC(=O)c1cc(NC(=O)c2cc(-c3ccc(F)c(N)n3)ccc2Cl)n(-c2ccccc2)n1. The van der Waals surface area contributed by atoms with Crippen LogP contribution in [0.4, 0.5) is 16.0 Å². The molecule has 0 fully saturated rings. The van der Waals surface area contributed by atoms with E-state index in [9.17, 15) is 14.0 Å². The highest BCUT2D eigenvalue weighted by Gasteiger charge is 2.18. The van der Waals surface area contributed by atoms with Crippen LogP contribution >= 0.6 is 11.6 Å². The van der Waals surface area contributed by atoms with Gasteiger partial charge in [0.25, 0.3) is 11.8 Å². The van der Waals surface area contributed by atoms with Crippen molar-refractivity contribution < 1.29 is 14.0 Å². The summed E-state index contributed by atoms with van der Waals surface area (Å²) in [5, 5.41) is 7.05. The summed E-state index contributed by atoms with van der Waals surface area (Å²) in [6, 6.07) is 17.6. The van der Waals surface area contributed by atoms with E-state index in [-0.39, 0.29) is 27.9 Å². The Bertz CT molecular complexity index is 1340. The van der Waals surface area contributed by atoms with Gasteiger partial charge in [-0.15, -0.1) is 0 Å². The molecule has 4 aromatic rings.